The number of carbonyl (C=O) groups is 2. The summed E-state index contributed by atoms with van der Waals surface area (Å²) in [6.07, 6.45) is 1.38. The molecule has 0 atom stereocenters. The molecule has 3 rings (SSSR count). The largest absolute Gasteiger partial charge is 0.356 e. The van der Waals surface area contributed by atoms with Crippen LogP contribution in [0.3, 0.4) is 0 Å². The number of amides is 2. The Hall–Kier alpha value is -4.46. The zero-order valence-corrected chi connectivity index (χ0v) is 16.7. The zero-order chi connectivity index (χ0) is 22.2. The van der Waals surface area contributed by atoms with Crippen LogP contribution in [0.5, 0.6) is 0 Å². The fraction of sp³-hybridized carbons (Fsp3) is 0.0435. The highest BCUT2D eigenvalue weighted by Gasteiger charge is 2.13. The Kier molecular flexibility index (Phi) is 6.74. The van der Waals surface area contributed by atoms with Gasteiger partial charge in [-0.2, -0.15) is 0 Å². The van der Waals surface area contributed by atoms with Crippen molar-refractivity contribution in [3.63, 3.8) is 0 Å². The molecule has 8 nitrogen and oxygen atoms in total. The van der Waals surface area contributed by atoms with Crippen molar-refractivity contribution in [3.05, 3.63) is 100 Å². The average Bonchev–Trinajstić information content (AvgIpc) is 2.75. The van der Waals surface area contributed by atoms with E-state index < -0.39 is 16.7 Å². The van der Waals surface area contributed by atoms with Gasteiger partial charge in [0.2, 0.25) is 5.91 Å². The van der Waals surface area contributed by atoms with Gasteiger partial charge >= 0.3 is 0 Å². The third-order valence-electron chi connectivity index (χ3n) is 4.15. The first kappa shape index (κ1) is 21.3. The Labute approximate surface area is 178 Å². The van der Waals surface area contributed by atoms with Crippen LogP contribution < -0.4 is 16.0 Å². The van der Waals surface area contributed by atoms with Gasteiger partial charge in [-0.1, -0.05) is 30.3 Å². The van der Waals surface area contributed by atoms with E-state index in [2.05, 4.69) is 16.0 Å². The minimum Gasteiger partial charge on any atom is -0.356 e. The Morgan fingerprint density at radius 2 is 1.52 bits per heavy atom. The highest BCUT2D eigenvalue weighted by atomic mass is 16.6. The van der Waals surface area contributed by atoms with Crippen molar-refractivity contribution in [3.8, 4) is 0 Å². The topological polar surface area (TPSA) is 113 Å². The highest BCUT2D eigenvalue weighted by Crippen LogP contribution is 2.20. The quantitative estimate of drug-likeness (QED) is 0.299. The van der Waals surface area contributed by atoms with E-state index in [1.54, 1.807) is 18.2 Å². The van der Waals surface area contributed by atoms with Crippen LogP contribution in [-0.2, 0) is 9.59 Å². The summed E-state index contributed by atoms with van der Waals surface area (Å²) in [6, 6.07) is 22.5. The summed E-state index contributed by atoms with van der Waals surface area (Å²) in [5, 5.41) is 19.4. The molecule has 0 spiro atoms. The molecule has 0 saturated carbocycles. The summed E-state index contributed by atoms with van der Waals surface area (Å²) in [7, 11) is 0. The van der Waals surface area contributed by atoms with E-state index >= 15 is 0 Å². The lowest BCUT2D eigenvalue weighted by molar-refractivity contribution is -0.384. The van der Waals surface area contributed by atoms with Gasteiger partial charge in [-0.15, -0.1) is 0 Å². The fourth-order valence-corrected chi connectivity index (χ4v) is 2.77. The minimum absolute atomic E-state index is 0.0283. The van der Waals surface area contributed by atoms with Crippen molar-refractivity contribution in [1.29, 1.82) is 0 Å². The van der Waals surface area contributed by atoms with E-state index in [-0.39, 0.29) is 11.4 Å². The number of nitrogens with zero attached hydrogens (tertiary/aromatic N) is 1. The predicted molar refractivity (Wildman–Crippen MR) is 120 cm³/mol. The molecule has 0 radical (unpaired) electrons. The Morgan fingerprint density at radius 1 is 0.871 bits per heavy atom. The maximum Gasteiger partial charge on any atom is 0.272 e. The van der Waals surface area contributed by atoms with E-state index in [0.29, 0.717) is 11.3 Å². The van der Waals surface area contributed by atoms with Gasteiger partial charge in [0.15, 0.2) is 0 Å². The molecule has 0 aliphatic heterocycles. The monoisotopic (exact) mass is 416 g/mol. The first-order valence-corrected chi connectivity index (χ1v) is 9.38. The number of benzene rings is 3. The van der Waals surface area contributed by atoms with E-state index in [4.69, 9.17) is 0 Å². The van der Waals surface area contributed by atoms with Gasteiger partial charge in [-0.25, -0.2) is 0 Å². The summed E-state index contributed by atoms with van der Waals surface area (Å²) in [5.41, 5.74) is 2.58. The molecule has 8 heteroatoms. The Morgan fingerprint density at radius 3 is 2.16 bits per heavy atom. The van der Waals surface area contributed by atoms with Crippen LogP contribution in [0.25, 0.3) is 6.08 Å². The average molecular weight is 416 g/mol. The summed E-state index contributed by atoms with van der Waals surface area (Å²) in [4.78, 5) is 34.7. The summed E-state index contributed by atoms with van der Waals surface area (Å²) in [6.45, 7) is 1.28. The van der Waals surface area contributed by atoms with Crippen LogP contribution in [0.15, 0.2) is 84.6 Å². The SMILES string of the molecule is CC(=O)N/C(=C\c1cccc([N+](=O)[O-])c1)C(=O)Nc1ccc(Nc2ccccc2)cc1. The third-order valence-corrected chi connectivity index (χ3v) is 4.15. The summed E-state index contributed by atoms with van der Waals surface area (Å²) >= 11 is 0. The van der Waals surface area contributed by atoms with Gasteiger partial charge in [0.25, 0.3) is 11.6 Å². The lowest BCUT2D eigenvalue weighted by atomic mass is 10.1. The van der Waals surface area contributed by atoms with Crippen molar-refractivity contribution < 1.29 is 14.5 Å². The maximum atomic E-state index is 12.7. The molecule has 3 aromatic carbocycles. The van der Waals surface area contributed by atoms with E-state index in [1.807, 2.05) is 42.5 Å². The van der Waals surface area contributed by atoms with Crippen LogP contribution in [0.2, 0.25) is 0 Å². The molecule has 31 heavy (non-hydrogen) atoms. The van der Waals surface area contributed by atoms with Crippen LogP contribution in [0.4, 0.5) is 22.7 Å². The van der Waals surface area contributed by atoms with Crippen LogP contribution in [0.1, 0.15) is 12.5 Å². The Bertz CT molecular complexity index is 1130. The second-order valence-electron chi connectivity index (χ2n) is 6.61. The molecule has 156 valence electrons. The molecule has 0 saturated heterocycles. The number of rotatable bonds is 7. The standard InChI is InChI=1S/C23H20N4O4/c1-16(28)24-22(15-17-6-5-9-21(14-17)27(30)31)23(29)26-20-12-10-19(11-13-20)25-18-7-3-2-4-8-18/h2-15,25H,1H3,(H,24,28)(H,26,29)/b22-15-. The van der Waals surface area contributed by atoms with Gasteiger partial charge in [-0.05, 0) is 48.0 Å². The Balaban J connectivity index is 1.75. The van der Waals surface area contributed by atoms with Crippen LogP contribution >= 0.6 is 0 Å². The number of nitro groups is 1. The van der Waals surface area contributed by atoms with Gasteiger partial charge in [0, 0.05) is 36.1 Å². The lowest BCUT2D eigenvalue weighted by Crippen LogP contribution is -2.28. The number of anilines is 3. The maximum absolute atomic E-state index is 12.7. The third kappa shape index (κ3) is 6.26. The molecular formula is C23H20N4O4. The van der Waals surface area contributed by atoms with Crippen LogP contribution in [-0.4, -0.2) is 16.7 Å². The van der Waals surface area contributed by atoms with Crippen LogP contribution in [0, 0.1) is 10.1 Å². The minimum atomic E-state index is -0.550. The molecule has 0 aliphatic carbocycles. The van der Waals surface area contributed by atoms with E-state index in [9.17, 15) is 19.7 Å². The molecule has 3 aromatic rings. The molecule has 0 bridgehead atoms. The number of hydrogen-bond donors (Lipinski definition) is 3. The van der Waals surface area contributed by atoms with Gasteiger partial charge in [-0.3, -0.25) is 19.7 Å². The number of non-ortho nitro benzene ring substituents is 1. The van der Waals surface area contributed by atoms with Gasteiger partial charge in [0.1, 0.15) is 5.70 Å². The second kappa shape index (κ2) is 9.84. The summed E-state index contributed by atoms with van der Waals surface area (Å²) < 4.78 is 0. The molecular weight excluding hydrogens is 396 g/mol. The lowest BCUT2D eigenvalue weighted by Gasteiger charge is -2.11. The van der Waals surface area contributed by atoms with Crippen molar-refractivity contribution in [2.24, 2.45) is 0 Å². The first-order chi connectivity index (χ1) is 14.9. The number of nitro benzene ring substituents is 1. The molecule has 0 unspecified atom stereocenters. The number of carbonyl (C=O) groups excluding carboxylic acids is 2. The number of para-hydroxylation sites is 1. The fourth-order valence-electron chi connectivity index (χ4n) is 2.77. The van der Waals surface area contributed by atoms with Crippen molar-refractivity contribution >= 4 is 40.6 Å². The van der Waals surface area contributed by atoms with Crippen molar-refractivity contribution in [1.82, 2.24) is 5.32 Å². The molecule has 0 heterocycles. The predicted octanol–water partition coefficient (Wildman–Crippen LogP) is 4.45. The number of nitrogens with one attached hydrogen (secondary N) is 3. The van der Waals surface area contributed by atoms with Gasteiger partial charge < -0.3 is 16.0 Å². The molecule has 0 fully saturated rings. The zero-order valence-electron chi connectivity index (χ0n) is 16.7. The normalized spacial score (nSPS) is 10.8. The molecule has 3 N–H and O–H groups in total. The number of hydrogen-bond acceptors (Lipinski definition) is 5. The molecule has 0 aromatic heterocycles. The molecule has 0 aliphatic rings. The molecule has 2 amide bonds. The van der Waals surface area contributed by atoms with Crippen molar-refractivity contribution in [2.75, 3.05) is 10.6 Å². The smallest absolute Gasteiger partial charge is 0.272 e. The van der Waals surface area contributed by atoms with E-state index in [1.165, 1.54) is 31.2 Å². The summed E-state index contributed by atoms with van der Waals surface area (Å²) in [5.74, 6) is -0.986. The van der Waals surface area contributed by atoms with Crippen molar-refractivity contribution in [2.45, 2.75) is 6.92 Å². The highest BCUT2D eigenvalue weighted by molar-refractivity contribution is 6.08. The van der Waals surface area contributed by atoms with Gasteiger partial charge in [0.05, 0.1) is 4.92 Å². The van der Waals surface area contributed by atoms with E-state index in [0.717, 1.165) is 11.4 Å². The first-order valence-electron chi connectivity index (χ1n) is 9.38. The second-order valence-corrected chi connectivity index (χ2v) is 6.61.